The lowest BCUT2D eigenvalue weighted by molar-refractivity contribution is -0.132. The van der Waals surface area contributed by atoms with Crippen molar-refractivity contribution in [3.8, 4) is 0 Å². The highest BCUT2D eigenvalue weighted by Crippen LogP contribution is 2.18. The molecular formula is C67H129NO5. The number of amides is 1. The number of unbranched alkanes of at least 4 members (excludes halogenated alkanes) is 46. The Kier molecular flexibility index (Phi) is 60.1. The van der Waals surface area contributed by atoms with E-state index < -0.39 is 36.9 Å². The Labute approximate surface area is 456 Å². The fraction of sp³-hybridized carbons (Fsp3) is 0.896. The summed E-state index contributed by atoms with van der Waals surface area (Å²) in [7, 11) is 0. The molecule has 73 heavy (non-hydrogen) atoms. The van der Waals surface area contributed by atoms with E-state index in [9.17, 15) is 25.2 Å². The van der Waals surface area contributed by atoms with Crippen molar-refractivity contribution in [1.29, 1.82) is 0 Å². The van der Waals surface area contributed by atoms with Crippen molar-refractivity contribution < 1.29 is 25.2 Å². The molecule has 0 saturated carbocycles. The van der Waals surface area contributed by atoms with Crippen LogP contribution in [0, 0.1) is 0 Å². The summed E-state index contributed by atoms with van der Waals surface area (Å²) in [6.07, 6.45) is 78.3. The monoisotopic (exact) mass is 1030 g/mol. The van der Waals surface area contributed by atoms with Gasteiger partial charge in [0.1, 0.15) is 12.2 Å². The van der Waals surface area contributed by atoms with E-state index in [2.05, 4.69) is 55.6 Å². The molecule has 0 aromatic carbocycles. The molecule has 0 aliphatic carbocycles. The smallest absolute Gasteiger partial charge is 0.249 e. The van der Waals surface area contributed by atoms with Crippen molar-refractivity contribution in [3.63, 3.8) is 0 Å². The molecule has 0 aliphatic rings. The van der Waals surface area contributed by atoms with Crippen LogP contribution in [0.15, 0.2) is 36.5 Å². The van der Waals surface area contributed by atoms with Crippen LogP contribution in [-0.2, 0) is 4.79 Å². The van der Waals surface area contributed by atoms with Crippen LogP contribution in [0.2, 0.25) is 0 Å². The molecular weight excluding hydrogens is 899 g/mol. The molecule has 0 rings (SSSR count). The molecule has 0 aliphatic heterocycles. The van der Waals surface area contributed by atoms with E-state index in [4.69, 9.17) is 0 Å². The van der Waals surface area contributed by atoms with Gasteiger partial charge in [-0.15, -0.1) is 0 Å². The number of hydrogen-bond acceptors (Lipinski definition) is 5. The number of nitrogens with one attached hydrogen (secondary N) is 1. The molecule has 1 amide bonds. The van der Waals surface area contributed by atoms with Crippen molar-refractivity contribution in [3.05, 3.63) is 36.5 Å². The Balaban J connectivity index is 3.62. The predicted molar refractivity (Wildman–Crippen MR) is 321 cm³/mol. The van der Waals surface area contributed by atoms with Crippen LogP contribution in [0.25, 0.3) is 0 Å². The summed E-state index contributed by atoms with van der Waals surface area (Å²) in [5.41, 5.74) is 0. The summed E-state index contributed by atoms with van der Waals surface area (Å²) in [6.45, 7) is 4.09. The van der Waals surface area contributed by atoms with Crippen molar-refractivity contribution in [2.45, 2.75) is 379 Å². The minimum absolute atomic E-state index is 0.359. The van der Waals surface area contributed by atoms with Gasteiger partial charge < -0.3 is 25.7 Å². The van der Waals surface area contributed by atoms with E-state index in [-0.39, 0.29) is 0 Å². The number of carbonyl (C=O) groups excluding carboxylic acids is 1. The van der Waals surface area contributed by atoms with Gasteiger partial charge in [-0.1, -0.05) is 314 Å². The topological polar surface area (TPSA) is 110 Å². The number of allylic oxidation sites excluding steroid dienone is 6. The summed E-state index contributed by atoms with van der Waals surface area (Å²) in [4.78, 5) is 12.6. The van der Waals surface area contributed by atoms with E-state index in [1.165, 1.54) is 283 Å². The number of hydrogen-bond donors (Lipinski definition) is 5. The highest BCUT2D eigenvalue weighted by Gasteiger charge is 2.28. The average molecular weight is 1030 g/mol. The van der Waals surface area contributed by atoms with Crippen LogP contribution in [0.3, 0.4) is 0 Å². The molecule has 0 heterocycles. The van der Waals surface area contributed by atoms with Gasteiger partial charge in [0.2, 0.25) is 5.91 Å². The molecule has 6 heteroatoms. The molecule has 5 N–H and O–H groups in total. The minimum atomic E-state index is -1.29. The molecule has 0 fully saturated rings. The normalized spacial score (nSPS) is 13.8. The highest BCUT2D eigenvalue weighted by atomic mass is 16.3. The lowest BCUT2D eigenvalue weighted by Crippen LogP contribution is -2.53. The van der Waals surface area contributed by atoms with Gasteiger partial charge in [-0.05, 0) is 77.0 Å². The Morgan fingerprint density at radius 2 is 0.575 bits per heavy atom. The maximum Gasteiger partial charge on any atom is 0.249 e. The van der Waals surface area contributed by atoms with Gasteiger partial charge >= 0.3 is 0 Å². The lowest BCUT2D eigenvalue weighted by Gasteiger charge is -2.27. The third-order valence-electron chi connectivity index (χ3n) is 15.6. The van der Waals surface area contributed by atoms with Crippen molar-refractivity contribution in [2.75, 3.05) is 6.61 Å². The number of aliphatic hydroxyl groups is 4. The van der Waals surface area contributed by atoms with Crippen LogP contribution < -0.4 is 5.32 Å². The van der Waals surface area contributed by atoms with Crippen LogP contribution in [-0.4, -0.2) is 57.3 Å². The fourth-order valence-corrected chi connectivity index (χ4v) is 10.4. The molecule has 4 unspecified atom stereocenters. The lowest BCUT2D eigenvalue weighted by atomic mass is 10.00. The second-order valence-electron chi connectivity index (χ2n) is 22.8. The Bertz CT molecular complexity index is 1150. The molecule has 6 nitrogen and oxygen atoms in total. The first kappa shape index (κ1) is 71.5. The third kappa shape index (κ3) is 55.1. The summed E-state index contributed by atoms with van der Waals surface area (Å²) >= 11 is 0. The van der Waals surface area contributed by atoms with Crippen molar-refractivity contribution >= 4 is 5.91 Å². The Hall–Kier alpha value is -1.47. The first-order valence-electron chi connectivity index (χ1n) is 32.9. The number of aliphatic hydroxyl groups excluding tert-OH is 4. The molecule has 0 spiro atoms. The first-order chi connectivity index (χ1) is 36.0. The largest absolute Gasteiger partial charge is 0.394 e. The van der Waals surface area contributed by atoms with E-state index in [0.29, 0.717) is 19.3 Å². The quantitative estimate of drug-likeness (QED) is 0.0308. The second-order valence-corrected chi connectivity index (χ2v) is 22.8. The van der Waals surface area contributed by atoms with Crippen molar-refractivity contribution in [1.82, 2.24) is 5.32 Å². The van der Waals surface area contributed by atoms with Crippen LogP contribution in [0.5, 0.6) is 0 Å². The molecule has 0 aromatic heterocycles. The van der Waals surface area contributed by atoms with Crippen molar-refractivity contribution in [2.24, 2.45) is 0 Å². The van der Waals surface area contributed by atoms with Crippen LogP contribution in [0.4, 0.5) is 0 Å². The zero-order valence-corrected chi connectivity index (χ0v) is 49.2. The third-order valence-corrected chi connectivity index (χ3v) is 15.6. The SMILES string of the molecule is CCCCCCCCCCCCCC/C=C\CCCCCCCCCCCCC(O)C(=O)NC(CO)C(O)C(O)CCC/C=C/CC/C=C/CCCCCCCCCCCCCCCCCCCCCCCC. The molecule has 432 valence electrons. The van der Waals surface area contributed by atoms with Crippen LogP contribution in [0.1, 0.15) is 354 Å². The first-order valence-corrected chi connectivity index (χ1v) is 32.9. The van der Waals surface area contributed by atoms with E-state index in [1.54, 1.807) is 0 Å². The summed E-state index contributed by atoms with van der Waals surface area (Å²) < 4.78 is 0. The van der Waals surface area contributed by atoms with E-state index >= 15 is 0 Å². The van der Waals surface area contributed by atoms with Gasteiger partial charge in [-0.2, -0.15) is 0 Å². The fourth-order valence-electron chi connectivity index (χ4n) is 10.4. The zero-order chi connectivity index (χ0) is 53.0. The molecule has 0 saturated heterocycles. The van der Waals surface area contributed by atoms with Crippen LogP contribution >= 0.6 is 0 Å². The maximum atomic E-state index is 12.6. The summed E-state index contributed by atoms with van der Waals surface area (Å²) in [5, 5.41) is 44.1. The Morgan fingerprint density at radius 1 is 0.329 bits per heavy atom. The van der Waals surface area contributed by atoms with Gasteiger partial charge in [0.15, 0.2) is 0 Å². The summed E-state index contributed by atoms with van der Waals surface area (Å²) in [5.74, 6) is -0.594. The van der Waals surface area contributed by atoms with Gasteiger partial charge in [-0.25, -0.2) is 0 Å². The second kappa shape index (κ2) is 61.4. The van der Waals surface area contributed by atoms with Gasteiger partial charge in [0, 0.05) is 0 Å². The van der Waals surface area contributed by atoms with Gasteiger partial charge in [-0.3, -0.25) is 4.79 Å². The predicted octanol–water partition coefficient (Wildman–Crippen LogP) is 19.9. The standard InChI is InChI=1S/C67H129NO5/c1-3-5-7-9-11-13-15-17-19-21-23-25-27-29-31-32-33-34-35-37-38-40-42-44-46-48-50-52-54-56-58-60-64(70)66(72)63(62-69)68-67(73)65(71)61-59-57-55-53-51-49-47-45-43-41-39-36-30-28-26-24-22-20-18-16-14-12-10-8-6-4-2/h30,36,44,46,52,54,63-66,69-72H,3-29,31-35,37-43,45,47-51,53,55-62H2,1-2H3,(H,68,73)/b36-30-,46-44+,54-52+. The summed E-state index contributed by atoms with van der Waals surface area (Å²) in [6, 6.07) is -1.01. The minimum Gasteiger partial charge on any atom is -0.394 e. The highest BCUT2D eigenvalue weighted by molar-refractivity contribution is 5.80. The van der Waals surface area contributed by atoms with E-state index in [1.807, 2.05) is 0 Å². The van der Waals surface area contributed by atoms with Gasteiger partial charge in [0.05, 0.1) is 18.8 Å². The molecule has 0 bridgehead atoms. The Morgan fingerprint density at radius 3 is 0.863 bits per heavy atom. The number of rotatable bonds is 61. The molecule has 0 aromatic rings. The average Bonchev–Trinajstić information content (AvgIpc) is 3.40. The van der Waals surface area contributed by atoms with E-state index in [0.717, 1.165) is 38.5 Å². The molecule has 0 radical (unpaired) electrons. The molecule has 4 atom stereocenters. The zero-order valence-electron chi connectivity index (χ0n) is 49.2. The van der Waals surface area contributed by atoms with Gasteiger partial charge in [0.25, 0.3) is 0 Å². The number of carbonyl (C=O) groups is 1. The maximum absolute atomic E-state index is 12.6.